The van der Waals surface area contributed by atoms with Crippen molar-refractivity contribution in [2.24, 2.45) is 4.99 Å². The van der Waals surface area contributed by atoms with Gasteiger partial charge in [0.25, 0.3) is 0 Å². The first-order valence-corrected chi connectivity index (χ1v) is 9.95. The third-order valence-corrected chi connectivity index (χ3v) is 9.28. The molecule has 0 aliphatic heterocycles. The lowest BCUT2D eigenvalue weighted by Gasteiger charge is -2.34. The Morgan fingerprint density at radius 2 is 1.65 bits per heavy atom. The van der Waals surface area contributed by atoms with Gasteiger partial charge in [0.1, 0.15) is 0 Å². The van der Waals surface area contributed by atoms with E-state index in [4.69, 9.17) is 17.4 Å². The number of nitrogens with zero attached hydrogens (tertiary/aromatic N) is 1. The number of hydrogen-bond donors (Lipinski definition) is 0. The molecule has 100 valence electrons. The molecule has 0 spiro atoms. The first-order chi connectivity index (χ1) is 7.91. The molecule has 0 saturated heterocycles. The summed E-state index contributed by atoms with van der Waals surface area (Å²) >= 11 is 0. The summed E-state index contributed by atoms with van der Waals surface area (Å²) in [5, 5.41) is 0. The Kier molecular flexibility index (Phi) is 7.02. The lowest BCUT2D eigenvalue weighted by Crippen LogP contribution is -2.58. The molecular weight excluding hydrogens is 258 g/mol. The third-order valence-electron chi connectivity index (χ3n) is 2.54. The molecule has 0 N–H and O–H groups in total. The van der Waals surface area contributed by atoms with Gasteiger partial charge in [-0.2, -0.15) is 0 Å². The van der Waals surface area contributed by atoms with Crippen LogP contribution in [0.1, 0.15) is 13.3 Å². The Labute approximate surface area is 105 Å². The molecule has 0 heterocycles. The van der Waals surface area contributed by atoms with Gasteiger partial charge in [0.2, 0.25) is 14.4 Å². The van der Waals surface area contributed by atoms with E-state index >= 15 is 0 Å². The molecular formula is C9H21NO5Si2. The second-order valence-corrected chi connectivity index (χ2v) is 10.9. The topological polar surface area (TPSA) is 66.4 Å². The summed E-state index contributed by atoms with van der Waals surface area (Å²) < 4.78 is 21.6. The number of isocyanates is 1. The molecule has 0 aromatic heterocycles. The fraction of sp³-hybridized carbons (Fsp3) is 0.889. The highest BCUT2D eigenvalue weighted by molar-refractivity contribution is 6.80. The Balaban J connectivity index is 4.98. The first-order valence-electron chi connectivity index (χ1n) is 5.34. The molecule has 0 rings (SSSR count). The highest BCUT2D eigenvalue weighted by Crippen LogP contribution is 2.22. The lowest BCUT2D eigenvalue weighted by atomic mass is 10.5. The quantitative estimate of drug-likeness (QED) is 0.380. The molecule has 0 radical (unpaired) electrons. The molecule has 6 nitrogen and oxygen atoms in total. The molecule has 1 atom stereocenters. The van der Waals surface area contributed by atoms with E-state index < -0.39 is 17.4 Å². The zero-order chi connectivity index (χ0) is 13.5. The van der Waals surface area contributed by atoms with Crippen molar-refractivity contribution in [2.75, 3.05) is 21.3 Å². The van der Waals surface area contributed by atoms with E-state index in [0.717, 1.165) is 0 Å². The maximum Gasteiger partial charge on any atom is 0.668 e. The van der Waals surface area contributed by atoms with Crippen LogP contribution in [0, 0.1) is 0 Å². The molecule has 0 bridgehead atoms. The van der Waals surface area contributed by atoms with Gasteiger partial charge in [-0.05, 0) is 19.5 Å². The van der Waals surface area contributed by atoms with Crippen molar-refractivity contribution in [1.29, 1.82) is 0 Å². The van der Waals surface area contributed by atoms with Gasteiger partial charge in [-0.1, -0.05) is 6.92 Å². The van der Waals surface area contributed by atoms with Crippen LogP contribution in [0.4, 0.5) is 0 Å². The summed E-state index contributed by atoms with van der Waals surface area (Å²) in [5.74, 6) is 0. The Morgan fingerprint density at radius 1 is 1.18 bits per heavy atom. The van der Waals surface area contributed by atoms with Gasteiger partial charge < -0.3 is 17.4 Å². The molecule has 0 saturated carbocycles. The summed E-state index contributed by atoms with van der Waals surface area (Å²) in [4.78, 5) is 14.2. The van der Waals surface area contributed by atoms with E-state index in [1.54, 1.807) is 6.08 Å². The predicted octanol–water partition coefficient (Wildman–Crippen LogP) is 1.24. The van der Waals surface area contributed by atoms with Crippen LogP contribution in [0.3, 0.4) is 0 Å². The van der Waals surface area contributed by atoms with E-state index in [1.807, 2.05) is 20.0 Å². The highest BCUT2D eigenvalue weighted by atomic mass is 28.5. The van der Waals surface area contributed by atoms with Crippen LogP contribution in [0.5, 0.6) is 0 Å². The minimum Gasteiger partial charge on any atom is -0.392 e. The van der Waals surface area contributed by atoms with Gasteiger partial charge in [-0.25, -0.2) is 9.79 Å². The highest BCUT2D eigenvalue weighted by Gasteiger charge is 2.50. The Morgan fingerprint density at radius 3 is 1.94 bits per heavy atom. The summed E-state index contributed by atoms with van der Waals surface area (Å²) in [6.07, 6.45) is 2.29. The smallest absolute Gasteiger partial charge is 0.392 e. The van der Waals surface area contributed by atoms with Crippen molar-refractivity contribution in [3.8, 4) is 0 Å². The normalized spacial score (nSPS) is 14.2. The van der Waals surface area contributed by atoms with Gasteiger partial charge in [-0.15, -0.1) is 0 Å². The second-order valence-electron chi connectivity index (χ2n) is 3.96. The molecule has 0 aromatic rings. The number of aliphatic imine (C=N–C) groups is 1. The average molecular weight is 279 g/mol. The maximum atomic E-state index is 10.4. The summed E-state index contributed by atoms with van der Waals surface area (Å²) in [6, 6.07) is 0. The van der Waals surface area contributed by atoms with Crippen LogP contribution in [0.15, 0.2) is 4.99 Å². The van der Waals surface area contributed by atoms with Crippen molar-refractivity contribution >= 4 is 23.4 Å². The van der Waals surface area contributed by atoms with E-state index in [1.165, 1.54) is 21.3 Å². The maximum absolute atomic E-state index is 10.4. The van der Waals surface area contributed by atoms with E-state index in [-0.39, 0.29) is 5.67 Å². The number of rotatable bonds is 8. The minimum absolute atomic E-state index is 0.188. The zero-order valence-electron chi connectivity index (χ0n) is 11.3. The van der Waals surface area contributed by atoms with Crippen LogP contribution < -0.4 is 0 Å². The van der Waals surface area contributed by atoms with Crippen molar-refractivity contribution in [1.82, 2.24) is 0 Å². The van der Waals surface area contributed by atoms with Crippen LogP contribution in [0.25, 0.3) is 0 Å². The Bertz CT molecular complexity index is 268. The van der Waals surface area contributed by atoms with E-state index in [9.17, 15) is 4.79 Å². The zero-order valence-corrected chi connectivity index (χ0v) is 13.3. The van der Waals surface area contributed by atoms with Crippen LogP contribution >= 0.6 is 0 Å². The van der Waals surface area contributed by atoms with Gasteiger partial charge in [0.15, 0.2) is 0 Å². The predicted molar refractivity (Wildman–Crippen MR) is 67.5 cm³/mol. The van der Waals surface area contributed by atoms with Crippen molar-refractivity contribution < 1.29 is 22.2 Å². The van der Waals surface area contributed by atoms with Gasteiger partial charge >= 0.3 is 9.05 Å². The molecule has 8 heteroatoms. The minimum atomic E-state index is -3.09. The Hall–Kier alpha value is -0.346. The fourth-order valence-electron chi connectivity index (χ4n) is 1.57. The largest absolute Gasteiger partial charge is 0.668 e. The van der Waals surface area contributed by atoms with Crippen molar-refractivity contribution in [3.63, 3.8) is 0 Å². The van der Waals surface area contributed by atoms with Gasteiger partial charge in [0.05, 0.1) is 5.67 Å². The van der Waals surface area contributed by atoms with E-state index in [2.05, 4.69) is 4.99 Å². The van der Waals surface area contributed by atoms with Crippen LogP contribution in [-0.2, 0) is 22.2 Å². The lowest BCUT2D eigenvalue weighted by molar-refractivity contribution is 0.0470. The molecule has 0 aliphatic carbocycles. The summed E-state index contributed by atoms with van der Waals surface area (Å²) in [6.45, 7) is 5.83. The first kappa shape index (κ1) is 16.7. The molecule has 0 aromatic carbocycles. The molecule has 0 fully saturated rings. The SMILES string of the molecule is CCC(N=C=O)[Si](C)(C)O[Si](OC)(OC)OC. The summed E-state index contributed by atoms with van der Waals surface area (Å²) in [5.41, 5.74) is -0.188. The van der Waals surface area contributed by atoms with Crippen LogP contribution in [0.2, 0.25) is 13.1 Å². The van der Waals surface area contributed by atoms with Crippen LogP contribution in [-0.4, -0.2) is 50.4 Å². The number of hydrogen-bond acceptors (Lipinski definition) is 6. The second kappa shape index (κ2) is 7.17. The van der Waals surface area contributed by atoms with Crippen molar-refractivity contribution in [3.05, 3.63) is 0 Å². The molecule has 0 aliphatic rings. The number of carbonyl (C=O) groups excluding carboxylic acids is 1. The molecule has 1 unspecified atom stereocenters. The summed E-state index contributed by atoms with van der Waals surface area (Å²) in [7, 11) is -0.944. The van der Waals surface area contributed by atoms with Crippen molar-refractivity contribution in [2.45, 2.75) is 32.1 Å². The fourth-order valence-corrected chi connectivity index (χ4v) is 7.54. The van der Waals surface area contributed by atoms with Gasteiger partial charge in [-0.3, -0.25) is 0 Å². The standard InChI is InChI=1S/C9H21NO5Si2/c1-7-9(10-8-11)16(5,6)15-17(12-2,13-3)14-4/h9H,7H2,1-6H3. The van der Waals surface area contributed by atoms with E-state index in [0.29, 0.717) is 6.42 Å². The monoisotopic (exact) mass is 279 g/mol. The molecule has 0 amide bonds. The third kappa shape index (κ3) is 4.43. The van der Waals surface area contributed by atoms with Gasteiger partial charge in [0, 0.05) is 21.3 Å². The average Bonchev–Trinajstić information content (AvgIpc) is 2.33. The molecule has 17 heavy (non-hydrogen) atoms.